The molecule has 2 unspecified atom stereocenters. The Bertz CT molecular complexity index is 124. The van der Waals surface area contributed by atoms with Gasteiger partial charge in [-0.15, -0.1) is 0 Å². The first kappa shape index (κ1) is 16.4. The van der Waals surface area contributed by atoms with Crippen molar-refractivity contribution in [3.05, 3.63) is 0 Å². The summed E-state index contributed by atoms with van der Waals surface area (Å²) in [4.78, 5) is 0. The van der Waals surface area contributed by atoms with Gasteiger partial charge < -0.3 is 0 Å². The van der Waals surface area contributed by atoms with E-state index < -0.39 is 0 Å². The average molecular weight is 200 g/mol. The van der Waals surface area contributed by atoms with Gasteiger partial charge in [0, 0.05) is 0 Å². The number of hydrogen-bond donors (Lipinski definition) is 0. The molecule has 0 heteroatoms. The van der Waals surface area contributed by atoms with Crippen LogP contribution in [0.25, 0.3) is 0 Å². The van der Waals surface area contributed by atoms with E-state index in [0.29, 0.717) is 5.41 Å². The first-order valence-electron chi connectivity index (χ1n) is 6.06. The Labute approximate surface area is 92.5 Å². The molecule has 0 N–H and O–H groups in total. The Balaban J connectivity index is 0. The fourth-order valence-corrected chi connectivity index (χ4v) is 2.27. The Hall–Kier alpha value is 0. The van der Waals surface area contributed by atoms with Crippen molar-refractivity contribution in [2.75, 3.05) is 0 Å². The molecule has 1 saturated carbocycles. The van der Waals surface area contributed by atoms with Crippen LogP contribution < -0.4 is 0 Å². The lowest BCUT2D eigenvalue weighted by atomic mass is 9.65. The minimum Gasteiger partial charge on any atom is -0.0776 e. The number of hydrogen-bond acceptors (Lipinski definition) is 0. The summed E-state index contributed by atoms with van der Waals surface area (Å²) in [6.45, 7) is 13.6. The van der Waals surface area contributed by atoms with Gasteiger partial charge in [0.15, 0.2) is 0 Å². The standard InChI is InChI=1S/C11H22.C2H6.CH4/c1-5-10-7-6-9(2)11(3,4)8-10;1-2;/h9-10H,5-8H2,1-4H3;1-2H3;1H4. The van der Waals surface area contributed by atoms with Crippen LogP contribution in [0, 0.1) is 17.3 Å². The highest BCUT2D eigenvalue weighted by Crippen LogP contribution is 2.43. The zero-order chi connectivity index (χ0) is 10.5. The van der Waals surface area contributed by atoms with E-state index in [2.05, 4.69) is 27.7 Å². The predicted octanol–water partition coefficient (Wildman–Crippen LogP) is 5.52. The minimum absolute atomic E-state index is 0. The molecule has 0 nitrogen and oxygen atoms in total. The fourth-order valence-electron chi connectivity index (χ4n) is 2.27. The highest BCUT2D eigenvalue weighted by molar-refractivity contribution is 4.83. The van der Waals surface area contributed by atoms with E-state index in [9.17, 15) is 0 Å². The molecule has 2 atom stereocenters. The van der Waals surface area contributed by atoms with Gasteiger partial charge in [0.25, 0.3) is 0 Å². The van der Waals surface area contributed by atoms with Crippen LogP contribution >= 0.6 is 0 Å². The molecule has 88 valence electrons. The topological polar surface area (TPSA) is 0 Å². The lowest BCUT2D eigenvalue weighted by molar-refractivity contribution is 0.106. The van der Waals surface area contributed by atoms with Crippen LogP contribution in [-0.4, -0.2) is 0 Å². The third kappa shape index (κ3) is 4.48. The van der Waals surface area contributed by atoms with Gasteiger partial charge in [-0.05, 0) is 30.1 Å². The summed E-state index contributed by atoms with van der Waals surface area (Å²) in [5.41, 5.74) is 0.610. The molecule has 1 aliphatic carbocycles. The molecule has 0 heterocycles. The normalized spacial score (nSPS) is 29.6. The molecule has 1 aliphatic rings. The molecule has 0 radical (unpaired) electrons. The zero-order valence-electron chi connectivity index (χ0n) is 10.5. The van der Waals surface area contributed by atoms with E-state index in [1.54, 1.807) is 0 Å². The monoisotopic (exact) mass is 200 g/mol. The van der Waals surface area contributed by atoms with Gasteiger partial charge >= 0.3 is 0 Å². The van der Waals surface area contributed by atoms with Crippen molar-refractivity contribution in [2.45, 2.75) is 74.7 Å². The van der Waals surface area contributed by atoms with Crippen molar-refractivity contribution in [1.82, 2.24) is 0 Å². The quantitative estimate of drug-likeness (QED) is 0.523. The van der Waals surface area contributed by atoms with E-state index in [0.717, 1.165) is 11.8 Å². The van der Waals surface area contributed by atoms with Gasteiger partial charge in [-0.3, -0.25) is 0 Å². The Morgan fingerprint density at radius 2 is 1.64 bits per heavy atom. The van der Waals surface area contributed by atoms with Crippen LogP contribution in [0.1, 0.15) is 74.7 Å². The SMILES string of the molecule is C.CC.CCC1CCC(C)C(C)(C)C1. The molecule has 0 aromatic heterocycles. The second-order valence-corrected chi connectivity index (χ2v) is 4.95. The van der Waals surface area contributed by atoms with E-state index >= 15 is 0 Å². The highest BCUT2D eigenvalue weighted by atomic mass is 14.4. The fraction of sp³-hybridized carbons (Fsp3) is 1.00. The van der Waals surface area contributed by atoms with Crippen LogP contribution in [0.4, 0.5) is 0 Å². The first-order valence-corrected chi connectivity index (χ1v) is 6.06. The third-order valence-corrected chi connectivity index (χ3v) is 3.73. The molecule has 0 spiro atoms. The summed E-state index contributed by atoms with van der Waals surface area (Å²) in [5, 5.41) is 0. The summed E-state index contributed by atoms with van der Waals surface area (Å²) in [6, 6.07) is 0. The highest BCUT2D eigenvalue weighted by Gasteiger charge is 2.32. The molecular weight excluding hydrogens is 168 g/mol. The van der Waals surface area contributed by atoms with Crippen molar-refractivity contribution in [3.63, 3.8) is 0 Å². The molecule has 14 heavy (non-hydrogen) atoms. The molecule has 0 saturated heterocycles. The van der Waals surface area contributed by atoms with E-state index in [1.165, 1.54) is 25.7 Å². The second-order valence-electron chi connectivity index (χ2n) is 4.95. The van der Waals surface area contributed by atoms with Crippen molar-refractivity contribution < 1.29 is 0 Å². The third-order valence-electron chi connectivity index (χ3n) is 3.73. The van der Waals surface area contributed by atoms with Gasteiger partial charge in [0.2, 0.25) is 0 Å². The number of rotatable bonds is 1. The maximum Gasteiger partial charge on any atom is -0.0326 e. The first-order chi connectivity index (χ1) is 6.06. The molecule has 1 rings (SSSR count). The molecule has 0 amide bonds. The lowest BCUT2D eigenvalue weighted by Crippen LogP contribution is -2.30. The van der Waals surface area contributed by atoms with Gasteiger partial charge in [0.05, 0.1) is 0 Å². The summed E-state index contributed by atoms with van der Waals surface area (Å²) < 4.78 is 0. The van der Waals surface area contributed by atoms with Gasteiger partial charge in [-0.25, -0.2) is 0 Å². The lowest BCUT2D eigenvalue weighted by Gasteiger charge is -2.40. The largest absolute Gasteiger partial charge is 0.0776 e. The molecular formula is C14H32. The Kier molecular flexibility index (Phi) is 8.58. The molecule has 1 fully saturated rings. The van der Waals surface area contributed by atoms with Crippen LogP contribution in [0.2, 0.25) is 0 Å². The van der Waals surface area contributed by atoms with Crippen LogP contribution in [0.3, 0.4) is 0 Å². The summed E-state index contributed by atoms with van der Waals surface area (Å²) in [6.07, 6.45) is 5.76. The van der Waals surface area contributed by atoms with Crippen LogP contribution in [0.15, 0.2) is 0 Å². The van der Waals surface area contributed by atoms with E-state index in [-0.39, 0.29) is 7.43 Å². The summed E-state index contributed by atoms with van der Waals surface area (Å²) in [5.74, 6) is 1.95. The van der Waals surface area contributed by atoms with Crippen molar-refractivity contribution >= 4 is 0 Å². The molecule has 0 bridgehead atoms. The maximum atomic E-state index is 2.43. The van der Waals surface area contributed by atoms with E-state index in [4.69, 9.17) is 0 Å². The van der Waals surface area contributed by atoms with Crippen LogP contribution in [-0.2, 0) is 0 Å². The summed E-state index contributed by atoms with van der Waals surface area (Å²) in [7, 11) is 0. The minimum atomic E-state index is 0. The smallest absolute Gasteiger partial charge is 0.0326 e. The van der Waals surface area contributed by atoms with Gasteiger partial charge in [0.1, 0.15) is 0 Å². The Morgan fingerprint density at radius 3 is 2.00 bits per heavy atom. The zero-order valence-corrected chi connectivity index (χ0v) is 10.5. The van der Waals surface area contributed by atoms with Gasteiger partial charge in [-0.1, -0.05) is 61.8 Å². The van der Waals surface area contributed by atoms with E-state index in [1.807, 2.05) is 13.8 Å². The Morgan fingerprint density at radius 1 is 1.14 bits per heavy atom. The van der Waals surface area contributed by atoms with Crippen molar-refractivity contribution in [3.8, 4) is 0 Å². The van der Waals surface area contributed by atoms with Gasteiger partial charge in [-0.2, -0.15) is 0 Å². The van der Waals surface area contributed by atoms with Crippen LogP contribution in [0.5, 0.6) is 0 Å². The second kappa shape index (κ2) is 7.31. The summed E-state index contributed by atoms with van der Waals surface area (Å²) >= 11 is 0. The maximum absolute atomic E-state index is 2.43. The van der Waals surface area contributed by atoms with Crippen molar-refractivity contribution in [2.24, 2.45) is 17.3 Å². The molecule has 0 aromatic rings. The predicted molar refractivity (Wildman–Crippen MR) is 68.7 cm³/mol. The molecule has 0 aromatic carbocycles. The average Bonchev–Trinajstić information content (AvgIpc) is 2.13. The van der Waals surface area contributed by atoms with Crippen molar-refractivity contribution in [1.29, 1.82) is 0 Å². The molecule has 0 aliphatic heterocycles.